The minimum absolute atomic E-state index is 0.0247. The highest BCUT2D eigenvalue weighted by atomic mass is 32.2. The van der Waals surface area contributed by atoms with Gasteiger partial charge in [-0.3, -0.25) is 14.6 Å². The van der Waals surface area contributed by atoms with Crippen LogP contribution in [0.5, 0.6) is 0 Å². The molecule has 21 heavy (non-hydrogen) atoms. The van der Waals surface area contributed by atoms with Gasteiger partial charge in [0.25, 0.3) is 0 Å². The number of nitrogens with zero attached hydrogens (tertiary/aromatic N) is 2. The molecular weight excluding hydrogens is 298 g/mol. The van der Waals surface area contributed by atoms with E-state index >= 15 is 0 Å². The number of aromatic nitrogens is 1. The Morgan fingerprint density at radius 2 is 2.10 bits per heavy atom. The molecule has 0 aliphatic carbocycles. The van der Waals surface area contributed by atoms with Crippen LogP contribution < -0.4 is 4.72 Å². The van der Waals surface area contributed by atoms with E-state index in [9.17, 15) is 18.0 Å². The van der Waals surface area contributed by atoms with Crippen molar-refractivity contribution in [3.05, 3.63) is 24.5 Å². The lowest BCUT2D eigenvalue weighted by Gasteiger charge is -2.16. The molecule has 1 aromatic heterocycles. The first-order chi connectivity index (χ1) is 9.83. The maximum Gasteiger partial charge on any atom is 0.305 e. The number of hydrogen-bond acceptors (Lipinski definition) is 5. The zero-order chi connectivity index (χ0) is 15.9. The zero-order valence-corrected chi connectivity index (χ0v) is 12.3. The molecule has 0 saturated heterocycles. The quantitative estimate of drug-likeness (QED) is 0.679. The number of carbonyl (C=O) groups excluding carboxylic acids is 1. The van der Waals surface area contributed by atoms with Crippen LogP contribution in [0.25, 0.3) is 0 Å². The van der Waals surface area contributed by atoms with Gasteiger partial charge in [-0.1, -0.05) is 0 Å². The van der Waals surface area contributed by atoms with Gasteiger partial charge in [-0.15, -0.1) is 0 Å². The van der Waals surface area contributed by atoms with Crippen LogP contribution in [0.4, 0.5) is 0 Å². The van der Waals surface area contributed by atoms with Crippen LogP contribution in [0, 0.1) is 0 Å². The Kier molecular flexibility index (Phi) is 6.25. The van der Waals surface area contributed by atoms with E-state index < -0.39 is 16.0 Å². The third-order valence-corrected chi connectivity index (χ3v) is 4.11. The van der Waals surface area contributed by atoms with Crippen molar-refractivity contribution in [2.24, 2.45) is 0 Å². The summed E-state index contributed by atoms with van der Waals surface area (Å²) in [5.41, 5.74) is 0. The number of carboxylic acids is 1. The number of nitrogens with one attached hydrogen (secondary N) is 1. The minimum Gasteiger partial charge on any atom is -0.481 e. The van der Waals surface area contributed by atoms with E-state index in [2.05, 4.69) is 9.71 Å². The van der Waals surface area contributed by atoms with Crippen molar-refractivity contribution >= 4 is 21.9 Å². The molecule has 0 aromatic carbocycles. The van der Waals surface area contributed by atoms with E-state index in [1.54, 1.807) is 0 Å². The molecule has 2 N–H and O–H groups in total. The number of amides is 1. The molecule has 0 bridgehead atoms. The van der Waals surface area contributed by atoms with Crippen molar-refractivity contribution in [2.45, 2.75) is 17.7 Å². The fourth-order valence-corrected chi connectivity index (χ4v) is 2.46. The highest BCUT2D eigenvalue weighted by molar-refractivity contribution is 7.89. The summed E-state index contributed by atoms with van der Waals surface area (Å²) < 4.78 is 26.0. The zero-order valence-electron chi connectivity index (χ0n) is 11.5. The average Bonchev–Trinajstić information content (AvgIpc) is 2.45. The molecule has 0 unspecified atom stereocenters. The number of carbonyl (C=O) groups is 2. The van der Waals surface area contributed by atoms with E-state index in [1.807, 2.05) is 0 Å². The lowest BCUT2D eigenvalue weighted by molar-refractivity contribution is -0.138. The average molecular weight is 315 g/mol. The molecule has 0 spiro atoms. The second-order valence-electron chi connectivity index (χ2n) is 4.30. The molecule has 0 aliphatic rings. The Balaban J connectivity index is 2.43. The Labute approximate surface area is 122 Å². The van der Waals surface area contributed by atoms with Crippen molar-refractivity contribution in [2.75, 3.05) is 20.1 Å². The number of rotatable bonds is 8. The van der Waals surface area contributed by atoms with Gasteiger partial charge in [0.1, 0.15) is 4.90 Å². The van der Waals surface area contributed by atoms with Gasteiger partial charge in [0.05, 0.1) is 6.42 Å². The van der Waals surface area contributed by atoms with E-state index in [0.29, 0.717) is 0 Å². The van der Waals surface area contributed by atoms with Gasteiger partial charge < -0.3 is 10.0 Å². The summed E-state index contributed by atoms with van der Waals surface area (Å²) in [6.45, 7) is 0.0248. The van der Waals surface area contributed by atoms with Crippen molar-refractivity contribution in [1.82, 2.24) is 14.6 Å². The normalized spacial score (nSPS) is 11.1. The van der Waals surface area contributed by atoms with E-state index in [1.165, 1.54) is 36.5 Å². The highest BCUT2D eigenvalue weighted by Crippen LogP contribution is 2.05. The van der Waals surface area contributed by atoms with Crippen LogP contribution in [0.15, 0.2) is 29.4 Å². The number of pyridine rings is 1. The lowest BCUT2D eigenvalue weighted by atomic mass is 10.3. The van der Waals surface area contributed by atoms with Crippen LogP contribution in [0.1, 0.15) is 12.8 Å². The first-order valence-electron chi connectivity index (χ1n) is 6.18. The highest BCUT2D eigenvalue weighted by Gasteiger charge is 2.15. The summed E-state index contributed by atoms with van der Waals surface area (Å²) in [5, 5.41) is 8.52. The summed E-state index contributed by atoms with van der Waals surface area (Å²) >= 11 is 0. The summed E-state index contributed by atoms with van der Waals surface area (Å²) in [7, 11) is -2.21. The Morgan fingerprint density at radius 3 is 2.67 bits per heavy atom. The molecule has 0 aliphatic heterocycles. The third kappa shape index (κ3) is 5.88. The standard InChI is InChI=1S/C12H17N3O5S/c1-15(8-5-12(17)18)11(16)4-7-14-21(19,20)10-3-2-6-13-9-10/h2-3,6,9,14H,4-5,7-8H2,1H3,(H,17,18). The summed E-state index contributed by atoms with van der Waals surface area (Å²) in [6.07, 6.45) is 2.47. The SMILES string of the molecule is CN(CCC(=O)O)C(=O)CCNS(=O)(=O)c1cccnc1. The van der Waals surface area contributed by atoms with Crippen molar-refractivity contribution < 1.29 is 23.1 Å². The second-order valence-corrected chi connectivity index (χ2v) is 6.06. The van der Waals surface area contributed by atoms with Crippen LogP contribution >= 0.6 is 0 Å². The van der Waals surface area contributed by atoms with Gasteiger partial charge in [0.2, 0.25) is 15.9 Å². The topological polar surface area (TPSA) is 117 Å². The van der Waals surface area contributed by atoms with Crippen LogP contribution in [0.2, 0.25) is 0 Å². The summed E-state index contributed by atoms with van der Waals surface area (Å²) in [5.74, 6) is -1.32. The van der Waals surface area contributed by atoms with E-state index in [0.717, 1.165) is 0 Å². The molecule has 0 radical (unpaired) electrons. The molecule has 116 valence electrons. The summed E-state index contributed by atoms with van der Waals surface area (Å²) in [6, 6.07) is 2.90. The number of carboxylic acid groups (broad SMARTS) is 1. The number of aliphatic carboxylic acids is 1. The lowest BCUT2D eigenvalue weighted by Crippen LogP contribution is -2.33. The Hall–Kier alpha value is -2.00. The van der Waals surface area contributed by atoms with Gasteiger partial charge in [-0.25, -0.2) is 13.1 Å². The number of hydrogen-bond donors (Lipinski definition) is 2. The van der Waals surface area contributed by atoms with Crippen molar-refractivity contribution in [1.29, 1.82) is 0 Å². The third-order valence-electron chi connectivity index (χ3n) is 2.66. The Bertz CT molecular complexity index is 588. The number of sulfonamides is 1. The van der Waals surface area contributed by atoms with Crippen molar-refractivity contribution in [3.8, 4) is 0 Å². The van der Waals surface area contributed by atoms with E-state index in [-0.39, 0.29) is 36.7 Å². The predicted molar refractivity (Wildman–Crippen MR) is 73.9 cm³/mol. The minimum atomic E-state index is -3.68. The summed E-state index contributed by atoms with van der Waals surface area (Å²) in [4.78, 5) is 27.1. The maximum atomic E-state index is 11.8. The van der Waals surface area contributed by atoms with E-state index in [4.69, 9.17) is 5.11 Å². The Morgan fingerprint density at radius 1 is 1.38 bits per heavy atom. The largest absolute Gasteiger partial charge is 0.481 e. The second kappa shape index (κ2) is 7.70. The van der Waals surface area contributed by atoms with Crippen LogP contribution in [-0.4, -0.2) is 55.4 Å². The molecule has 1 amide bonds. The fourth-order valence-electron chi connectivity index (χ4n) is 1.46. The molecule has 0 atom stereocenters. The van der Waals surface area contributed by atoms with Gasteiger partial charge in [0, 0.05) is 39.0 Å². The molecule has 1 aromatic rings. The van der Waals surface area contributed by atoms with Gasteiger partial charge in [-0.2, -0.15) is 0 Å². The maximum absolute atomic E-state index is 11.8. The van der Waals surface area contributed by atoms with Crippen LogP contribution in [0.3, 0.4) is 0 Å². The van der Waals surface area contributed by atoms with Gasteiger partial charge in [-0.05, 0) is 12.1 Å². The smallest absolute Gasteiger partial charge is 0.305 e. The monoisotopic (exact) mass is 315 g/mol. The van der Waals surface area contributed by atoms with Crippen LogP contribution in [-0.2, 0) is 19.6 Å². The first kappa shape index (κ1) is 17.1. The molecule has 1 heterocycles. The molecule has 8 nitrogen and oxygen atoms in total. The molecule has 9 heteroatoms. The first-order valence-corrected chi connectivity index (χ1v) is 7.66. The predicted octanol–water partition coefficient (Wildman–Crippen LogP) is -0.317. The molecule has 0 saturated carbocycles. The molecule has 1 rings (SSSR count). The van der Waals surface area contributed by atoms with Gasteiger partial charge >= 0.3 is 5.97 Å². The van der Waals surface area contributed by atoms with Gasteiger partial charge in [0.15, 0.2) is 0 Å². The van der Waals surface area contributed by atoms with Crippen molar-refractivity contribution in [3.63, 3.8) is 0 Å². The molecular formula is C12H17N3O5S. The molecule has 0 fully saturated rings. The fraction of sp³-hybridized carbons (Fsp3) is 0.417.